The van der Waals surface area contributed by atoms with Crippen LogP contribution in [-0.2, 0) is 0 Å². The molecule has 1 atom stereocenters. The quantitative estimate of drug-likeness (QED) is 0.843. The van der Waals surface area contributed by atoms with Crippen LogP contribution in [0.5, 0.6) is 0 Å². The minimum atomic E-state index is -0.842. The number of aliphatic hydroxyl groups excluding tert-OH is 2. The maximum Gasteiger partial charge on any atom is 0.102 e. The van der Waals surface area contributed by atoms with Crippen molar-refractivity contribution in [3.8, 4) is 5.69 Å². The van der Waals surface area contributed by atoms with Crippen LogP contribution in [0.25, 0.3) is 5.69 Å². The summed E-state index contributed by atoms with van der Waals surface area (Å²) in [5, 5.41) is 22.9. The highest BCUT2D eigenvalue weighted by atomic mass is 16.3. The maximum absolute atomic E-state index is 9.62. The van der Waals surface area contributed by atoms with Crippen molar-refractivity contribution in [2.24, 2.45) is 0 Å². The molecule has 17 heavy (non-hydrogen) atoms. The van der Waals surface area contributed by atoms with E-state index in [0.29, 0.717) is 5.56 Å². The van der Waals surface area contributed by atoms with Gasteiger partial charge in [-0.15, -0.1) is 0 Å². The molecule has 0 amide bonds. The number of aliphatic hydroxyl groups is 2. The monoisotopic (exact) mass is 232 g/mol. The second-order valence-corrected chi connectivity index (χ2v) is 4.15. The van der Waals surface area contributed by atoms with E-state index in [0.717, 1.165) is 16.9 Å². The molecular formula is C13H16N2O2. The third-order valence-electron chi connectivity index (χ3n) is 2.76. The first-order valence-corrected chi connectivity index (χ1v) is 5.54. The number of aryl methyl sites for hydroxylation is 2. The number of nitrogens with zero attached hydrogens (tertiary/aromatic N) is 2. The van der Waals surface area contributed by atoms with E-state index < -0.39 is 6.10 Å². The Hall–Kier alpha value is -1.65. The van der Waals surface area contributed by atoms with Crippen LogP contribution in [0.1, 0.15) is 22.9 Å². The molecule has 0 fully saturated rings. The molecule has 2 N–H and O–H groups in total. The minimum absolute atomic E-state index is 0.277. The number of rotatable bonds is 3. The zero-order valence-corrected chi connectivity index (χ0v) is 9.96. The molecule has 90 valence electrons. The van der Waals surface area contributed by atoms with Crippen molar-refractivity contribution in [2.45, 2.75) is 20.0 Å². The first-order valence-electron chi connectivity index (χ1n) is 5.54. The zero-order valence-electron chi connectivity index (χ0n) is 9.96. The molecule has 1 heterocycles. The van der Waals surface area contributed by atoms with Crippen LogP contribution in [-0.4, -0.2) is 26.6 Å². The SMILES string of the molecule is Cc1ccn(-c2cc(C(O)CO)ccc2C)n1. The van der Waals surface area contributed by atoms with Crippen LogP contribution in [0, 0.1) is 13.8 Å². The molecule has 4 nitrogen and oxygen atoms in total. The standard InChI is InChI=1S/C13H16N2O2/c1-9-3-4-11(13(17)8-16)7-12(9)15-6-5-10(2)14-15/h3-7,13,16-17H,8H2,1-2H3. The van der Waals surface area contributed by atoms with E-state index in [1.807, 2.05) is 44.3 Å². The van der Waals surface area contributed by atoms with Crippen LogP contribution in [0.4, 0.5) is 0 Å². The van der Waals surface area contributed by atoms with Crippen LogP contribution in [0.3, 0.4) is 0 Å². The van der Waals surface area contributed by atoms with Crippen molar-refractivity contribution in [3.63, 3.8) is 0 Å². The van der Waals surface area contributed by atoms with E-state index in [1.54, 1.807) is 4.68 Å². The summed E-state index contributed by atoms with van der Waals surface area (Å²) in [6.07, 6.45) is 1.04. The lowest BCUT2D eigenvalue weighted by molar-refractivity contribution is 0.0956. The Balaban J connectivity index is 2.46. The second-order valence-electron chi connectivity index (χ2n) is 4.15. The highest BCUT2D eigenvalue weighted by Gasteiger charge is 2.09. The van der Waals surface area contributed by atoms with Crippen molar-refractivity contribution in [1.82, 2.24) is 9.78 Å². The molecule has 1 unspecified atom stereocenters. The smallest absolute Gasteiger partial charge is 0.102 e. The Morgan fingerprint density at radius 2 is 2.06 bits per heavy atom. The second kappa shape index (κ2) is 4.69. The zero-order chi connectivity index (χ0) is 12.4. The van der Waals surface area contributed by atoms with Crippen LogP contribution < -0.4 is 0 Å². The summed E-state index contributed by atoms with van der Waals surface area (Å²) in [7, 11) is 0. The summed E-state index contributed by atoms with van der Waals surface area (Å²) < 4.78 is 1.78. The lowest BCUT2D eigenvalue weighted by Crippen LogP contribution is -2.05. The first-order chi connectivity index (χ1) is 8.11. The van der Waals surface area contributed by atoms with E-state index in [4.69, 9.17) is 5.11 Å². The van der Waals surface area contributed by atoms with E-state index in [9.17, 15) is 5.11 Å². The Bertz CT molecular complexity index is 520. The Labute approximate surface area is 100 Å². The number of hydrogen-bond donors (Lipinski definition) is 2. The maximum atomic E-state index is 9.62. The molecule has 0 bridgehead atoms. The van der Waals surface area contributed by atoms with E-state index in [-0.39, 0.29) is 6.61 Å². The van der Waals surface area contributed by atoms with Crippen molar-refractivity contribution in [1.29, 1.82) is 0 Å². The fourth-order valence-corrected chi connectivity index (χ4v) is 1.74. The van der Waals surface area contributed by atoms with Gasteiger partial charge in [-0.25, -0.2) is 4.68 Å². The fourth-order valence-electron chi connectivity index (χ4n) is 1.74. The molecular weight excluding hydrogens is 216 g/mol. The van der Waals surface area contributed by atoms with Crippen molar-refractivity contribution < 1.29 is 10.2 Å². The summed E-state index contributed by atoms with van der Waals surface area (Å²) in [6, 6.07) is 7.51. The van der Waals surface area contributed by atoms with Gasteiger partial charge in [0.25, 0.3) is 0 Å². The lowest BCUT2D eigenvalue weighted by Gasteiger charge is -2.12. The van der Waals surface area contributed by atoms with Gasteiger partial charge < -0.3 is 10.2 Å². The van der Waals surface area contributed by atoms with Crippen LogP contribution in [0.2, 0.25) is 0 Å². The highest BCUT2D eigenvalue weighted by Crippen LogP contribution is 2.20. The third kappa shape index (κ3) is 2.38. The normalized spacial score (nSPS) is 12.7. The van der Waals surface area contributed by atoms with E-state index in [1.165, 1.54) is 0 Å². The summed E-state index contributed by atoms with van der Waals surface area (Å²) in [5.74, 6) is 0. The van der Waals surface area contributed by atoms with Crippen molar-refractivity contribution in [3.05, 3.63) is 47.3 Å². The summed E-state index contributed by atoms with van der Waals surface area (Å²) >= 11 is 0. The molecule has 0 saturated carbocycles. The van der Waals surface area contributed by atoms with Gasteiger partial charge >= 0.3 is 0 Å². The summed E-state index contributed by atoms with van der Waals surface area (Å²) in [5.41, 5.74) is 3.63. The van der Waals surface area contributed by atoms with Crippen molar-refractivity contribution in [2.75, 3.05) is 6.61 Å². The lowest BCUT2D eigenvalue weighted by atomic mass is 10.1. The summed E-state index contributed by atoms with van der Waals surface area (Å²) in [6.45, 7) is 3.64. The van der Waals surface area contributed by atoms with Crippen molar-refractivity contribution >= 4 is 0 Å². The summed E-state index contributed by atoms with van der Waals surface area (Å²) in [4.78, 5) is 0. The molecule has 4 heteroatoms. The predicted octanol–water partition coefficient (Wildman–Crippen LogP) is 1.51. The molecule has 1 aromatic carbocycles. The predicted molar refractivity (Wildman–Crippen MR) is 65.1 cm³/mol. The molecule has 2 aromatic rings. The van der Waals surface area contributed by atoms with Gasteiger partial charge in [-0.05, 0) is 37.1 Å². The first kappa shape index (κ1) is 11.8. The topological polar surface area (TPSA) is 58.3 Å². The minimum Gasteiger partial charge on any atom is -0.393 e. The molecule has 0 radical (unpaired) electrons. The van der Waals surface area contributed by atoms with Crippen LogP contribution in [0.15, 0.2) is 30.5 Å². The molecule has 0 saturated heterocycles. The molecule has 0 aliphatic heterocycles. The molecule has 1 aromatic heterocycles. The van der Waals surface area contributed by atoms with Crippen LogP contribution >= 0.6 is 0 Å². The van der Waals surface area contributed by atoms with Gasteiger partial charge in [0, 0.05) is 6.20 Å². The van der Waals surface area contributed by atoms with Gasteiger partial charge in [-0.3, -0.25) is 0 Å². The highest BCUT2D eigenvalue weighted by molar-refractivity contribution is 5.43. The van der Waals surface area contributed by atoms with Gasteiger partial charge in [-0.1, -0.05) is 12.1 Å². The van der Waals surface area contributed by atoms with Gasteiger partial charge in [0.2, 0.25) is 0 Å². The largest absolute Gasteiger partial charge is 0.393 e. The molecule has 0 spiro atoms. The average Bonchev–Trinajstić information content (AvgIpc) is 2.75. The van der Waals surface area contributed by atoms with E-state index in [2.05, 4.69) is 5.10 Å². The number of aromatic nitrogens is 2. The Morgan fingerprint density at radius 1 is 1.29 bits per heavy atom. The third-order valence-corrected chi connectivity index (χ3v) is 2.76. The average molecular weight is 232 g/mol. The Kier molecular flexibility index (Phi) is 3.26. The van der Waals surface area contributed by atoms with Gasteiger partial charge in [-0.2, -0.15) is 5.10 Å². The molecule has 0 aliphatic rings. The van der Waals surface area contributed by atoms with Gasteiger partial charge in [0.05, 0.1) is 18.0 Å². The fraction of sp³-hybridized carbons (Fsp3) is 0.308. The number of benzene rings is 1. The number of hydrogen-bond acceptors (Lipinski definition) is 3. The van der Waals surface area contributed by atoms with Gasteiger partial charge in [0.1, 0.15) is 6.10 Å². The van der Waals surface area contributed by atoms with E-state index >= 15 is 0 Å². The molecule has 0 aliphatic carbocycles. The molecule has 2 rings (SSSR count). The van der Waals surface area contributed by atoms with Gasteiger partial charge in [0.15, 0.2) is 0 Å². The Morgan fingerprint density at radius 3 is 2.65 bits per heavy atom.